The maximum Gasteiger partial charge on any atom is 0.176 e. The molecule has 21 heteroatoms. The van der Waals surface area contributed by atoms with Gasteiger partial charge in [-0.25, -0.2) is 70.2 Å². The van der Waals surface area contributed by atoms with Gasteiger partial charge in [0.2, 0.25) is 0 Å². The summed E-state index contributed by atoms with van der Waals surface area (Å²) < 4.78 is 230. The van der Waals surface area contributed by atoms with E-state index in [0.29, 0.717) is 59.9 Å². The van der Waals surface area contributed by atoms with Crippen molar-refractivity contribution >= 4 is 58.8 Å². The molecular weight excluding hydrogens is 981 g/mol. The predicted octanol–water partition coefficient (Wildman–Crippen LogP) is 16.9. The average molecular weight is 1010 g/mol. The third-order valence-electron chi connectivity index (χ3n) is 8.85. The van der Waals surface area contributed by atoms with Gasteiger partial charge in [0.05, 0.1) is 41.8 Å². The van der Waals surface area contributed by atoms with E-state index >= 15 is 0 Å². The molecule has 0 heterocycles. The minimum atomic E-state index is -2.19. The van der Waals surface area contributed by atoms with Crippen molar-refractivity contribution in [2.75, 3.05) is 18.3 Å². The highest BCUT2D eigenvalue weighted by molar-refractivity contribution is 8.00. The summed E-state index contributed by atoms with van der Waals surface area (Å²) >= 11 is 2.85. The third-order valence-corrected chi connectivity index (χ3v) is 13.6. The number of halogens is 16. The largest absolute Gasteiger partial charge is 0.203 e. The van der Waals surface area contributed by atoms with E-state index in [1.54, 1.807) is 19.1 Å². The van der Waals surface area contributed by atoms with Gasteiger partial charge in [0.15, 0.2) is 93.1 Å². The van der Waals surface area contributed by atoms with Gasteiger partial charge in [-0.1, -0.05) is 54.6 Å². The number of unbranched alkanes of at least 4 members (excludes halogenated alkanes) is 1. The Morgan fingerprint density at radius 1 is 0.344 bits per heavy atom. The van der Waals surface area contributed by atoms with E-state index in [-0.39, 0.29) is 10.6 Å². The van der Waals surface area contributed by atoms with Crippen molar-refractivity contribution in [2.24, 2.45) is 0 Å². The second-order valence-electron chi connectivity index (χ2n) is 12.9. The molecule has 0 fully saturated rings. The van der Waals surface area contributed by atoms with Crippen molar-refractivity contribution in [3.8, 4) is 22.3 Å². The van der Waals surface area contributed by atoms with Crippen molar-refractivity contribution in [3.05, 3.63) is 147 Å². The minimum Gasteiger partial charge on any atom is -0.203 e. The Bertz CT molecular complexity index is 2610. The van der Waals surface area contributed by atoms with Crippen LogP contribution < -0.4 is 0 Å². The molecule has 6 aromatic rings. The Labute approximate surface area is 376 Å². The van der Waals surface area contributed by atoms with Crippen molar-refractivity contribution < 1.29 is 70.2 Å². The van der Waals surface area contributed by atoms with E-state index in [4.69, 9.17) is 0 Å². The Kier molecular flexibility index (Phi) is 17.1. The molecule has 64 heavy (non-hydrogen) atoms. The van der Waals surface area contributed by atoms with E-state index in [9.17, 15) is 70.2 Å². The fourth-order valence-corrected chi connectivity index (χ4v) is 9.48. The molecule has 0 nitrogen and oxygen atoms in total. The van der Waals surface area contributed by atoms with Crippen LogP contribution in [0.25, 0.3) is 22.3 Å². The van der Waals surface area contributed by atoms with Crippen LogP contribution in [0.4, 0.5) is 70.2 Å². The molecule has 0 atom stereocenters. The van der Waals surface area contributed by atoms with Gasteiger partial charge in [-0.15, -0.1) is 35.3 Å². The quantitative estimate of drug-likeness (QED) is 0.0517. The molecule has 0 bridgehead atoms. The smallest absolute Gasteiger partial charge is 0.176 e. The second kappa shape index (κ2) is 21.5. The van der Waals surface area contributed by atoms with E-state index < -0.39 is 135 Å². The highest BCUT2D eigenvalue weighted by Crippen LogP contribution is 2.45. The first-order valence-electron chi connectivity index (χ1n) is 17.9. The van der Waals surface area contributed by atoms with E-state index in [1.807, 2.05) is 31.2 Å². The van der Waals surface area contributed by atoms with Crippen LogP contribution in [0.5, 0.6) is 0 Å². The number of hydrogen-bond acceptors (Lipinski definition) is 5. The van der Waals surface area contributed by atoms with Crippen molar-refractivity contribution in [3.63, 3.8) is 0 Å². The molecule has 6 aromatic carbocycles. The lowest BCUT2D eigenvalue weighted by molar-refractivity contribution is 0.415. The zero-order chi connectivity index (χ0) is 47.5. The Morgan fingerprint density at radius 3 is 0.906 bits per heavy atom. The summed E-state index contributed by atoms with van der Waals surface area (Å²) in [5.74, 6) is -32.6. The van der Waals surface area contributed by atoms with Crippen molar-refractivity contribution in [2.45, 2.75) is 61.0 Å². The van der Waals surface area contributed by atoms with E-state index in [2.05, 4.69) is 0 Å². The minimum absolute atomic E-state index is 0.136. The molecule has 0 aliphatic carbocycles. The van der Waals surface area contributed by atoms with Gasteiger partial charge in [-0.2, -0.15) is 0 Å². The van der Waals surface area contributed by atoms with Crippen LogP contribution in [0.3, 0.4) is 0 Å². The van der Waals surface area contributed by atoms with Crippen LogP contribution in [0.2, 0.25) is 0 Å². The highest BCUT2D eigenvalue weighted by atomic mass is 32.2. The van der Waals surface area contributed by atoms with Crippen LogP contribution in [0.15, 0.2) is 82.8 Å². The molecule has 0 aliphatic heterocycles. The topological polar surface area (TPSA) is 0 Å². The predicted molar refractivity (Wildman–Crippen MR) is 218 cm³/mol. The second-order valence-corrected chi connectivity index (χ2v) is 17.9. The summed E-state index contributed by atoms with van der Waals surface area (Å²) in [4.78, 5) is -2.36. The van der Waals surface area contributed by atoms with E-state index in [0.717, 1.165) is 27.9 Å². The summed E-state index contributed by atoms with van der Waals surface area (Å²) in [6.45, 7) is 3.73. The Hall–Kier alpha value is -4.05. The molecule has 0 saturated carbocycles. The van der Waals surface area contributed by atoms with Crippen molar-refractivity contribution in [1.82, 2.24) is 0 Å². The summed E-state index contributed by atoms with van der Waals surface area (Å²) in [5.41, 5.74) is -6.37. The third kappa shape index (κ3) is 10.0. The van der Waals surface area contributed by atoms with Crippen molar-refractivity contribution in [1.29, 1.82) is 0 Å². The average Bonchev–Trinajstić information content (AvgIpc) is 3.28. The van der Waals surface area contributed by atoms with Crippen LogP contribution in [0, 0.1) is 100.0 Å². The van der Waals surface area contributed by atoms with Crippen LogP contribution >= 0.6 is 58.8 Å². The first-order chi connectivity index (χ1) is 30.2. The fourth-order valence-electron chi connectivity index (χ4n) is 5.65. The summed E-state index contributed by atoms with van der Waals surface area (Å²) in [6.07, 6.45) is 3.36. The molecule has 0 N–H and O–H groups in total. The van der Waals surface area contributed by atoms with Gasteiger partial charge in [0.1, 0.15) is 0 Å². The zero-order valence-corrected chi connectivity index (χ0v) is 36.9. The lowest BCUT2D eigenvalue weighted by Gasteiger charge is -2.15. The van der Waals surface area contributed by atoms with Crippen LogP contribution in [-0.2, 0) is 0 Å². The van der Waals surface area contributed by atoms with Crippen LogP contribution in [-0.4, -0.2) is 18.3 Å². The molecule has 0 saturated heterocycles. The molecule has 0 unspecified atom stereocenters. The van der Waals surface area contributed by atoms with Gasteiger partial charge < -0.3 is 0 Å². The maximum atomic E-state index is 14.9. The van der Waals surface area contributed by atoms with Gasteiger partial charge in [0.25, 0.3) is 0 Å². The van der Waals surface area contributed by atoms with E-state index in [1.165, 1.54) is 23.9 Å². The standard InChI is InChI=1S/C26H14F8S3.C17H12F8S2/c1-11-3-5-12(6-4-11)36-13-7-9-14(10-8-13)37-26-23(33)19(29)16(20(30)24(26)34)15-17(27)21(31)25(35-2)22(32)18(15)28;1-3-4-5-27-17-14(24)10(20)7(11(21)15(17)25)6-8(18)12(22)16(26-2)13(23)9(6)19/h3-10H,1-2H3;3-5H2,1-2H3. The fraction of sp³-hybridized carbons (Fsp3) is 0.163. The lowest BCUT2D eigenvalue weighted by atomic mass is 10.0. The monoisotopic (exact) mass is 1010 g/mol. The normalized spacial score (nSPS) is 11.3. The zero-order valence-electron chi connectivity index (χ0n) is 32.8. The lowest BCUT2D eigenvalue weighted by Crippen LogP contribution is -2.09. The van der Waals surface area contributed by atoms with Gasteiger partial charge >= 0.3 is 0 Å². The molecule has 0 amide bonds. The molecule has 0 radical (unpaired) electrons. The SMILES string of the molecule is CCCCSc1c(F)c(F)c(-c2c(F)c(F)c(SC)c(F)c2F)c(F)c1F.CSc1c(F)c(F)c(-c2c(F)c(F)c(Sc3ccc(Sc4ccc(C)cc4)cc3)c(F)c2F)c(F)c1F. The molecule has 0 aliphatic rings. The Balaban J connectivity index is 0.000000254. The molecule has 0 aromatic heterocycles. The van der Waals surface area contributed by atoms with Crippen LogP contribution in [0.1, 0.15) is 25.3 Å². The maximum absolute atomic E-state index is 14.9. The molecule has 340 valence electrons. The molecular formula is C43H26F16S5. The molecule has 6 rings (SSSR count). The number of rotatable bonds is 12. The summed E-state index contributed by atoms with van der Waals surface area (Å²) in [7, 11) is 0. The summed E-state index contributed by atoms with van der Waals surface area (Å²) in [5, 5.41) is 0. The van der Waals surface area contributed by atoms with Gasteiger partial charge in [0, 0.05) is 14.7 Å². The first-order valence-corrected chi connectivity index (χ1v) is 23.0. The first kappa shape index (κ1) is 50.9. The number of thioether (sulfide) groups is 3. The number of aryl methyl sites for hydroxylation is 1. The number of benzene rings is 6. The summed E-state index contributed by atoms with van der Waals surface area (Å²) in [6, 6.07) is 13.9. The van der Waals surface area contributed by atoms with Gasteiger partial charge in [-0.3, -0.25) is 0 Å². The van der Waals surface area contributed by atoms with Gasteiger partial charge in [-0.05, 0) is 68.0 Å². The molecule has 0 spiro atoms. The number of hydrogen-bond donors (Lipinski definition) is 0. The Morgan fingerprint density at radius 2 is 0.609 bits per heavy atom. The highest BCUT2D eigenvalue weighted by Gasteiger charge is 2.36.